The van der Waals surface area contributed by atoms with Crippen LogP contribution in [0.1, 0.15) is 41.5 Å². The fraction of sp³-hybridized carbons (Fsp3) is 0.500. The average Bonchev–Trinajstić information content (AvgIpc) is 2.74. The largest absolute Gasteiger partial charge is 0.390 e. The standard InChI is InChI=1S/C14H15F3N2O3S/c1-7(2)19-11(21)10-8(3)9(6-20)23-12(10)18(13(19)22)5-4-14(15,16)17/h6-7H,4-5H2,1-3H3. The Hall–Kier alpha value is -1.90. The minimum Gasteiger partial charge on any atom is -0.297 e. The molecule has 23 heavy (non-hydrogen) atoms. The molecule has 0 spiro atoms. The predicted octanol–water partition coefficient (Wildman–Crippen LogP) is 2.88. The van der Waals surface area contributed by atoms with Crippen LogP contribution in [-0.2, 0) is 6.54 Å². The zero-order chi connectivity index (χ0) is 17.5. The molecule has 0 atom stereocenters. The van der Waals surface area contributed by atoms with E-state index < -0.39 is 36.4 Å². The van der Waals surface area contributed by atoms with Crippen molar-refractivity contribution >= 4 is 27.8 Å². The van der Waals surface area contributed by atoms with Crippen molar-refractivity contribution in [3.05, 3.63) is 31.3 Å². The fourth-order valence-electron chi connectivity index (χ4n) is 2.39. The Morgan fingerprint density at radius 2 is 1.87 bits per heavy atom. The number of aldehydes is 1. The van der Waals surface area contributed by atoms with Crippen LogP contribution in [0, 0.1) is 6.92 Å². The summed E-state index contributed by atoms with van der Waals surface area (Å²) in [6.45, 7) is 4.16. The highest BCUT2D eigenvalue weighted by atomic mass is 32.1. The van der Waals surface area contributed by atoms with E-state index in [4.69, 9.17) is 0 Å². The Morgan fingerprint density at radius 3 is 2.35 bits per heavy atom. The molecule has 0 fully saturated rings. The Balaban J connectivity index is 2.86. The van der Waals surface area contributed by atoms with E-state index >= 15 is 0 Å². The summed E-state index contributed by atoms with van der Waals surface area (Å²) in [6, 6.07) is -0.504. The average molecular weight is 348 g/mol. The molecule has 0 aromatic carbocycles. The maximum absolute atomic E-state index is 12.5. The number of carbonyl (C=O) groups excluding carboxylic acids is 1. The van der Waals surface area contributed by atoms with Crippen LogP contribution in [0.3, 0.4) is 0 Å². The van der Waals surface area contributed by atoms with E-state index in [2.05, 4.69) is 0 Å². The summed E-state index contributed by atoms with van der Waals surface area (Å²) in [4.78, 5) is 36.4. The van der Waals surface area contributed by atoms with Gasteiger partial charge in [-0.05, 0) is 26.3 Å². The fourth-order valence-corrected chi connectivity index (χ4v) is 3.52. The summed E-state index contributed by atoms with van der Waals surface area (Å²) in [5.41, 5.74) is -0.981. The highest BCUT2D eigenvalue weighted by Gasteiger charge is 2.28. The molecule has 2 heterocycles. The van der Waals surface area contributed by atoms with Crippen LogP contribution in [0.5, 0.6) is 0 Å². The minimum absolute atomic E-state index is 0.112. The quantitative estimate of drug-likeness (QED) is 0.798. The minimum atomic E-state index is -4.43. The smallest absolute Gasteiger partial charge is 0.297 e. The molecule has 0 radical (unpaired) electrons. The first kappa shape index (κ1) is 17.5. The molecular weight excluding hydrogens is 333 g/mol. The maximum Gasteiger partial charge on any atom is 0.390 e. The lowest BCUT2D eigenvalue weighted by Crippen LogP contribution is -2.41. The first-order valence-electron chi connectivity index (χ1n) is 6.88. The second kappa shape index (κ2) is 5.95. The third-order valence-electron chi connectivity index (χ3n) is 3.52. The normalized spacial score (nSPS) is 12.3. The van der Waals surface area contributed by atoms with Gasteiger partial charge in [-0.1, -0.05) is 0 Å². The summed E-state index contributed by atoms with van der Waals surface area (Å²) in [5, 5.41) is 0.132. The van der Waals surface area contributed by atoms with Gasteiger partial charge in [0.1, 0.15) is 4.83 Å². The van der Waals surface area contributed by atoms with Crippen LogP contribution in [0.15, 0.2) is 9.59 Å². The summed E-state index contributed by atoms with van der Waals surface area (Å²) < 4.78 is 39.4. The molecule has 2 rings (SSSR count). The summed E-state index contributed by atoms with van der Waals surface area (Å²) in [5.74, 6) is 0. The van der Waals surface area contributed by atoms with Crippen LogP contribution in [0.4, 0.5) is 13.2 Å². The number of fused-ring (bicyclic) bond motifs is 1. The van der Waals surface area contributed by atoms with Gasteiger partial charge in [0.05, 0.1) is 16.7 Å². The highest BCUT2D eigenvalue weighted by Crippen LogP contribution is 2.28. The monoisotopic (exact) mass is 348 g/mol. The van der Waals surface area contributed by atoms with Crippen molar-refractivity contribution in [2.75, 3.05) is 0 Å². The number of rotatable bonds is 4. The number of thiophene rings is 1. The molecule has 126 valence electrons. The van der Waals surface area contributed by atoms with Crippen LogP contribution in [0.2, 0.25) is 0 Å². The number of aromatic nitrogens is 2. The zero-order valence-corrected chi connectivity index (χ0v) is 13.5. The third-order valence-corrected chi connectivity index (χ3v) is 4.76. The van der Waals surface area contributed by atoms with Gasteiger partial charge in [0.15, 0.2) is 6.29 Å². The third kappa shape index (κ3) is 3.10. The molecule has 0 aliphatic rings. The molecule has 2 aromatic rings. The van der Waals surface area contributed by atoms with E-state index in [1.165, 1.54) is 0 Å². The van der Waals surface area contributed by atoms with Crippen molar-refractivity contribution in [1.29, 1.82) is 0 Å². The molecule has 0 unspecified atom stereocenters. The topological polar surface area (TPSA) is 61.1 Å². The first-order chi connectivity index (χ1) is 10.6. The van der Waals surface area contributed by atoms with Crippen LogP contribution >= 0.6 is 11.3 Å². The van der Waals surface area contributed by atoms with Crippen LogP contribution in [0.25, 0.3) is 10.2 Å². The van der Waals surface area contributed by atoms with E-state index in [9.17, 15) is 27.6 Å². The number of carbonyl (C=O) groups is 1. The summed E-state index contributed by atoms with van der Waals surface area (Å²) >= 11 is 0.864. The molecule has 2 aromatic heterocycles. The second-order valence-corrected chi connectivity index (χ2v) is 6.49. The maximum atomic E-state index is 12.5. The lowest BCUT2D eigenvalue weighted by molar-refractivity contribution is -0.136. The number of aryl methyl sites for hydroxylation is 2. The van der Waals surface area contributed by atoms with Crippen molar-refractivity contribution in [2.45, 2.75) is 46.0 Å². The Morgan fingerprint density at radius 1 is 1.26 bits per heavy atom. The van der Waals surface area contributed by atoms with Gasteiger partial charge in [-0.2, -0.15) is 13.2 Å². The molecular formula is C14H15F3N2O3S. The molecule has 0 saturated carbocycles. The van der Waals surface area contributed by atoms with Gasteiger partial charge in [-0.25, -0.2) is 4.79 Å². The SMILES string of the molecule is Cc1c(C=O)sc2c1c(=O)n(C(C)C)c(=O)n2CCC(F)(F)F. The van der Waals surface area contributed by atoms with Gasteiger partial charge >= 0.3 is 11.9 Å². The predicted molar refractivity (Wildman–Crippen MR) is 81.5 cm³/mol. The van der Waals surface area contributed by atoms with Gasteiger partial charge in [0.2, 0.25) is 0 Å². The van der Waals surface area contributed by atoms with Gasteiger partial charge in [-0.15, -0.1) is 11.3 Å². The molecule has 5 nitrogen and oxygen atoms in total. The summed E-state index contributed by atoms with van der Waals surface area (Å²) in [6.07, 6.45) is -5.08. The highest BCUT2D eigenvalue weighted by molar-refractivity contribution is 7.20. The second-order valence-electron chi connectivity index (χ2n) is 5.46. The van der Waals surface area contributed by atoms with Crippen molar-refractivity contribution in [1.82, 2.24) is 9.13 Å². The van der Waals surface area contributed by atoms with E-state index in [0.29, 0.717) is 11.8 Å². The number of hydrogen-bond acceptors (Lipinski definition) is 4. The van der Waals surface area contributed by atoms with Gasteiger partial charge in [0, 0.05) is 12.6 Å². The van der Waals surface area contributed by atoms with Gasteiger partial charge < -0.3 is 0 Å². The Labute approximate surface area is 133 Å². The molecule has 0 N–H and O–H groups in total. The van der Waals surface area contributed by atoms with Gasteiger partial charge in [-0.3, -0.25) is 18.7 Å². The number of halogens is 3. The number of alkyl halides is 3. The molecule has 0 saturated heterocycles. The van der Waals surface area contributed by atoms with Crippen molar-refractivity contribution < 1.29 is 18.0 Å². The molecule has 9 heteroatoms. The van der Waals surface area contributed by atoms with E-state index in [-0.39, 0.29) is 15.1 Å². The molecule has 0 bridgehead atoms. The Kier molecular flexibility index (Phi) is 4.52. The zero-order valence-electron chi connectivity index (χ0n) is 12.7. The number of hydrogen-bond donors (Lipinski definition) is 0. The van der Waals surface area contributed by atoms with Crippen LogP contribution in [-0.4, -0.2) is 21.6 Å². The Bertz CT molecular complexity index is 874. The molecule has 0 amide bonds. The molecule has 0 aliphatic heterocycles. The number of nitrogens with zero attached hydrogens (tertiary/aromatic N) is 2. The molecule has 0 aliphatic carbocycles. The first-order valence-corrected chi connectivity index (χ1v) is 7.70. The summed E-state index contributed by atoms with van der Waals surface area (Å²) in [7, 11) is 0. The lowest BCUT2D eigenvalue weighted by atomic mass is 10.2. The van der Waals surface area contributed by atoms with Crippen molar-refractivity contribution in [2.24, 2.45) is 0 Å². The lowest BCUT2D eigenvalue weighted by Gasteiger charge is -2.15. The van der Waals surface area contributed by atoms with E-state index in [0.717, 1.165) is 20.5 Å². The van der Waals surface area contributed by atoms with Crippen molar-refractivity contribution in [3.8, 4) is 0 Å². The van der Waals surface area contributed by atoms with Crippen LogP contribution < -0.4 is 11.2 Å². The van der Waals surface area contributed by atoms with Crippen molar-refractivity contribution in [3.63, 3.8) is 0 Å². The van der Waals surface area contributed by atoms with E-state index in [1.807, 2.05) is 0 Å². The van der Waals surface area contributed by atoms with Gasteiger partial charge in [0.25, 0.3) is 5.56 Å². The van der Waals surface area contributed by atoms with E-state index in [1.54, 1.807) is 20.8 Å².